The van der Waals surface area contributed by atoms with Gasteiger partial charge in [0.2, 0.25) is 0 Å². The molecule has 182 valence electrons. The number of hydrogen-bond acceptors (Lipinski definition) is 8. The average Bonchev–Trinajstić information content (AvgIpc) is 3.29. The molecule has 0 spiro atoms. The number of anilines is 1. The highest BCUT2D eigenvalue weighted by Crippen LogP contribution is 2.39. The molecular formula is C24H26BN3O5S2. The van der Waals surface area contributed by atoms with Gasteiger partial charge in [0, 0.05) is 28.3 Å². The zero-order valence-corrected chi connectivity index (χ0v) is 20.4. The number of carbonyl (C=O) groups is 1. The predicted molar refractivity (Wildman–Crippen MR) is 140 cm³/mol. The summed E-state index contributed by atoms with van der Waals surface area (Å²) < 4.78 is 27.8. The summed E-state index contributed by atoms with van der Waals surface area (Å²) in [5.74, 6) is -0.287. The van der Waals surface area contributed by atoms with Crippen LogP contribution >= 0.6 is 23.8 Å². The van der Waals surface area contributed by atoms with E-state index in [9.17, 15) is 9.59 Å². The summed E-state index contributed by atoms with van der Waals surface area (Å²) in [6.45, 7) is 0.141. The summed E-state index contributed by atoms with van der Waals surface area (Å²) in [6, 6.07) is 17.9. The second-order valence-electron chi connectivity index (χ2n) is 7.72. The topological polar surface area (TPSA) is 103 Å². The number of amides is 1. The Balaban J connectivity index is 1.43. The molecule has 8 nitrogen and oxygen atoms in total. The van der Waals surface area contributed by atoms with E-state index >= 15 is 0 Å². The Labute approximate surface area is 215 Å². The molecule has 1 saturated heterocycles. The van der Waals surface area contributed by atoms with Crippen LogP contribution in [-0.4, -0.2) is 54.6 Å². The highest BCUT2D eigenvalue weighted by molar-refractivity contribution is 8.00. The summed E-state index contributed by atoms with van der Waals surface area (Å²) >= 11 is 2.71. The van der Waals surface area contributed by atoms with E-state index < -0.39 is 25.6 Å². The van der Waals surface area contributed by atoms with Crippen molar-refractivity contribution in [1.82, 2.24) is 9.55 Å². The van der Waals surface area contributed by atoms with Crippen molar-refractivity contribution in [1.29, 1.82) is 2.67 Å². The van der Waals surface area contributed by atoms with Gasteiger partial charge < -0.3 is 19.3 Å². The number of thioether (sulfide) groups is 1. The largest absolute Gasteiger partial charge is 0.392 e. The van der Waals surface area contributed by atoms with Crippen LogP contribution in [0.15, 0.2) is 76.6 Å². The molecule has 0 unspecified atom stereocenters. The van der Waals surface area contributed by atoms with Crippen LogP contribution in [0.5, 0.6) is 0 Å². The van der Waals surface area contributed by atoms with Gasteiger partial charge in [0.1, 0.15) is 19.8 Å². The monoisotopic (exact) mass is 514 g/mol. The minimum absolute atomic E-state index is 0.00368. The highest BCUT2D eigenvalue weighted by Gasteiger charge is 2.37. The van der Waals surface area contributed by atoms with Crippen molar-refractivity contribution >= 4 is 43.3 Å². The molecule has 0 saturated carbocycles. The number of nitrogens with zero attached hydrogens (tertiary/aromatic N) is 2. The predicted octanol–water partition coefficient (Wildman–Crippen LogP) is 2.69. The lowest BCUT2D eigenvalue weighted by molar-refractivity contribution is -0.0161. The summed E-state index contributed by atoms with van der Waals surface area (Å²) in [7, 11) is -0.972. The number of rotatable bonds is 11. The van der Waals surface area contributed by atoms with E-state index in [0.717, 1.165) is 16.9 Å². The fourth-order valence-electron chi connectivity index (χ4n) is 3.63. The zero-order valence-electron chi connectivity index (χ0n) is 20.8. The number of ether oxygens (including phenoxy) is 1. The highest BCUT2D eigenvalue weighted by atomic mass is 32.2. The third kappa shape index (κ3) is 6.77. The molecule has 4 rings (SSSR count). The van der Waals surface area contributed by atoms with E-state index in [-0.39, 0.29) is 36.0 Å². The first kappa shape index (κ1) is 22.9. The minimum Gasteiger partial charge on any atom is -0.392 e. The number of hydrogen-bond donors (Lipinski definition) is 2. The average molecular weight is 514 g/mol. The standard InChI is InChI=1S/C24H26BN3O5S2/c25-15-34-32-14-19-20(35-18-4-2-1-3-5-18)12-22(33-19)28-11-10-21(27-24(28)31)26-23(30)17-8-6-16(13-29)7-9-17/h1-11,19-20,22,29H,12-15,25H2,(H,26,27,30,31)/t19-,20+,22-/m1/s1/i25TD. The van der Waals surface area contributed by atoms with Crippen LogP contribution in [0.25, 0.3) is 0 Å². The van der Waals surface area contributed by atoms with Gasteiger partial charge in [-0.3, -0.25) is 9.36 Å². The Bertz CT molecular complexity index is 1240. The molecule has 2 heterocycles. The third-order valence-corrected chi connectivity index (χ3v) is 7.16. The Morgan fingerprint density at radius 3 is 2.83 bits per heavy atom. The van der Waals surface area contributed by atoms with Crippen LogP contribution in [0.2, 0.25) is 0 Å². The number of aliphatic hydroxyl groups is 1. The lowest BCUT2D eigenvalue weighted by Gasteiger charge is -2.17. The lowest BCUT2D eigenvalue weighted by atomic mass is 10.1. The van der Waals surface area contributed by atoms with Crippen molar-refractivity contribution in [3.05, 3.63) is 88.5 Å². The Kier molecular flexibility index (Phi) is 8.11. The fourth-order valence-corrected chi connectivity index (χ4v) is 5.18. The molecule has 35 heavy (non-hydrogen) atoms. The smallest absolute Gasteiger partial charge is 0.351 e. The van der Waals surface area contributed by atoms with E-state index in [0.29, 0.717) is 17.5 Å². The van der Waals surface area contributed by atoms with Crippen molar-refractivity contribution in [2.45, 2.75) is 35.5 Å². The summed E-state index contributed by atoms with van der Waals surface area (Å²) in [4.78, 5) is 30.4. The van der Waals surface area contributed by atoms with Gasteiger partial charge in [-0.15, -0.1) is 11.8 Å². The third-order valence-electron chi connectivity index (χ3n) is 5.38. The van der Waals surface area contributed by atoms with Crippen LogP contribution in [0.4, 0.5) is 5.82 Å². The van der Waals surface area contributed by atoms with Gasteiger partial charge >= 0.3 is 5.69 Å². The second kappa shape index (κ2) is 12.4. The van der Waals surface area contributed by atoms with Gasteiger partial charge in [0.25, 0.3) is 5.91 Å². The van der Waals surface area contributed by atoms with Crippen molar-refractivity contribution in [3.8, 4) is 0 Å². The fraction of sp³-hybridized carbons (Fsp3) is 0.292. The molecule has 1 aliphatic rings. The molecular weight excluding hydrogens is 485 g/mol. The second-order valence-corrected chi connectivity index (χ2v) is 9.83. The quantitative estimate of drug-likeness (QED) is 0.229. The first-order valence-electron chi connectivity index (χ1n) is 12.1. The molecule has 0 bridgehead atoms. The van der Waals surface area contributed by atoms with Crippen LogP contribution in [0.1, 0.15) is 28.6 Å². The molecule has 3 atom stereocenters. The Morgan fingerprint density at radius 2 is 2.11 bits per heavy atom. The molecule has 1 aromatic heterocycles. The van der Waals surface area contributed by atoms with Crippen molar-refractivity contribution in [2.24, 2.45) is 0 Å². The maximum Gasteiger partial charge on any atom is 0.351 e. The molecule has 1 amide bonds. The summed E-state index contributed by atoms with van der Waals surface area (Å²) in [5.41, 5.74) is 0.751. The Hall–Kier alpha value is -2.57. The number of carbonyl (C=O) groups excluding carboxylic acids is 1. The number of benzene rings is 2. The Morgan fingerprint density at radius 1 is 1.31 bits per heavy atom. The van der Waals surface area contributed by atoms with Crippen molar-refractivity contribution in [3.63, 3.8) is 0 Å². The van der Waals surface area contributed by atoms with E-state index in [1.165, 1.54) is 4.57 Å². The van der Waals surface area contributed by atoms with Crippen molar-refractivity contribution < 1.29 is 18.8 Å². The maximum absolute atomic E-state index is 12.8. The number of aliphatic hydroxyl groups excluding tert-OH is 1. The first-order valence-corrected chi connectivity index (χ1v) is 12.8. The van der Waals surface area contributed by atoms with E-state index in [2.05, 4.69) is 10.3 Å². The molecule has 1 aliphatic heterocycles. The molecule has 0 aliphatic carbocycles. The normalized spacial score (nSPS) is 20.2. The van der Waals surface area contributed by atoms with Gasteiger partial charge in [-0.25, -0.2) is 4.79 Å². The summed E-state index contributed by atoms with van der Waals surface area (Å²) in [6.07, 6.45) is 1.22. The SMILES string of the molecule is [2H]B([3H])CSOC[C@H]1O[C@@H](n2ccc(NC(=O)c3ccc(CO)cc3)nc2=O)C[C@@H]1Sc1ccccc1. The lowest BCUT2D eigenvalue weighted by Crippen LogP contribution is -2.28. The molecule has 2 N–H and O–H groups in total. The van der Waals surface area contributed by atoms with Gasteiger partial charge in [-0.05, 0) is 56.3 Å². The van der Waals surface area contributed by atoms with E-state index in [1.807, 2.05) is 30.3 Å². The molecule has 1 fully saturated rings. The van der Waals surface area contributed by atoms with E-state index in [4.69, 9.17) is 16.7 Å². The van der Waals surface area contributed by atoms with Crippen LogP contribution in [0.3, 0.4) is 0 Å². The first-order chi connectivity index (χ1) is 17.9. The molecule has 2 aromatic carbocycles. The number of nitrogens with one attached hydrogen (secondary N) is 1. The van der Waals surface area contributed by atoms with Gasteiger partial charge in [-0.2, -0.15) is 4.98 Å². The molecule has 0 radical (unpaired) electrons. The van der Waals surface area contributed by atoms with Crippen LogP contribution < -0.4 is 11.0 Å². The zero-order chi connectivity index (χ0) is 26.2. The molecule has 11 heteroatoms. The van der Waals surface area contributed by atoms with Crippen molar-refractivity contribution in [2.75, 3.05) is 17.6 Å². The molecule has 3 aromatic rings. The van der Waals surface area contributed by atoms with Gasteiger partial charge in [0.15, 0.2) is 0 Å². The number of aromatic nitrogens is 2. The van der Waals surface area contributed by atoms with Crippen LogP contribution in [0, 0.1) is 0 Å². The van der Waals surface area contributed by atoms with Gasteiger partial charge in [0.05, 0.1) is 19.3 Å². The minimum atomic E-state index is -0.972. The van der Waals surface area contributed by atoms with Gasteiger partial charge in [-0.1, -0.05) is 30.3 Å². The maximum atomic E-state index is 12.8. The summed E-state index contributed by atoms with van der Waals surface area (Å²) in [5, 5.41) is 11.8. The van der Waals surface area contributed by atoms with E-state index in [1.54, 1.807) is 48.3 Å². The van der Waals surface area contributed by atoms with Crippen LogP contribution in [-0.2, 0) is 15.5 Å².